The molecule has 0 bridgehead atoms. The molecule has 1 aromatic heterocycles. The number of H-pyrrole nitrogens is 1. The minimum absolute atomic E-state index is 0.597. The Morgan fingerprint density at radius 3 is 2.69 bits per heavy atom. The first-order valence-corrected chi connectivity index (χ1v) is 10.3. The molecule has 0 radical (unpaired) electrons. The van der Waals surface area contributed by atoms with Crippen LogP contribution < -0.4 is 9.47 Å². The van der Waals surface area contributed by atoms with Crippen LogP contribution in [0.5, 0.6) is 11.5 Å². The van der Waals surface area contributed by atoms with Gasteiger partial charge in [-0.1, -0.05) is 23.7 Å². The molecule has 1 N–H and O–H groups in total. The Morgan fingerprint density at radius 1 is 1.10 bits per heavy atom. The Balaban J connectivity index is 1.36. The maximum Gasteiger partial charge on any atom is 0.138 e. The highest BCUT2D eigenvalue weighted by Gasteiger charge is 2.21. The van der Waals surface area contributed by atoms with Crippen molar-refractivity contribution in [2.45, 2.75) is 25.3 Å². The molecule has 1 aliphatic heterocycles. The lowest BCUT2D eigenvalue weighted by atomic mass is 9.89. The van der Waals surface area contributed by atoms with Crippen LogP contribution >= 0.6 is 11.6 Å². The quantitative estimate of drug-likeness (QED) is 0.611. The highest BCUT2D eigenvalue weighted by atomic mass is 35.5. The van der Waals surface area contributed by atoms with Crippen LogP contribution in [0.3, 0.4) is 0 Å². The van der Waals surface area contributed by atoms with E-state index in [9.17, 15) is 0 Å². The molecule has 1 fully saturated rings. The van der Waals surface area contributed by atoms with Crippen LogP contribution in [0.25, 0.3) is 11.4 Å². The fraction of sp³-hybridized carbons (Fsp3) is 0.348. The minimum Gasteiger partial charge on any atom is -0.497 e. The Labute approximate surface area is 176 Å². The molecule has 1 aliphatic rings. The van der Waals surface area contributed by atoms with Gasteiger partial charge in [0.05, 0.1) is 19.2 Å². The molecular formula is C23H26ClN3O2. The molecule has 0 atom stereocenters. The molecule has 0 aliphatic carbocycles. The van der Waals surface area contributed by atoms with Gasteiger partial charge in [0.25, 0.3) is 0 Å². The number of aromatic amines is 1. The summed E-state index contributed by atoms with van der Waals surface area (Å²) in [7, 11) is 3.34. The smallest absolute Gasteiger partial charge is 0.138 e. The molecule has 1 saturated heterocycles. The van der Waals surface area contributed by atoms with Crippen molar-refractivity contribution in [3.8, 4) is 22.9 Å². The number of methoxy groups -OCH3 is 2. The van der Waals surface area contributed by atoms with Crippen LogP contribution in [0.15, 0.2) is 48.7 Å². The first-order valence-electron chi connectivity index (χ1n) is 9.90. The molecule has 152 valence electrons. The summed E-state index contributed by atoms with van der Waals surface area (Å²) in [6, 6.07) is 14.2. The van der Waals surface area contributed by atoms with E-state index < -0.39 is 0 Å². The summed E-state index contributed by atoms with van der Waals surface area (Å²) >= 11 is 6.12. The topological polar surface area (TPSA) is 50.4 Å². The maximum atomic E-state index is 6.12. The molecule has 2 aromatic carbocycles. The van der Waals surface area contributed by atoms with Gasteiger partial charge in [-0.15, -0.1) is 0 Å². The van der Waals surface area contributed by atoms with E-state index in [4.69, 9.17) is 21.1 Å². The van der Waals surface area contributed by atoms with Crippen LogP contribution in [-0.2, 0) is 6.54 Å². The number of rotatable bonds is 6. The lowest BCUT2D eigenvalue weighted by molar-refractivity contribution is 0.202. The molecule has 0 saturated carbocycles. The van der Waals surface area contributed by atoms with Gasteiger partial charge in [-0.05, 0) is 67.7 Å². The van der Waals surface area contributed by atoms with Crippen molar-refractivity contribution in [1.82, 2.24) is 14.9 Å². The van der Waals surface area contributed by atoms with Crippen molar-refractivity contribution in [3.05, 3.63) is 64.9 Å². The number of nitrogens with one attached hydrogen (secondary N) is 1. The summed E-state index contributed by atoms with van der Waals surface area (Å²) in [5.74, 6) is 3.02. The fourth-order valence-corrected chi connectivity index (χ4v) is 4.15. The molecule has 4 rings (SSSR count). The van der Waals surface area contributed by atoms with E-state index in [-0.39, 0.29) is 0 Å². The molecule has 0 spiro atoms. The summed E-state index contributed by atoms with van der Waals surface area (Å²) < 4.78 is 10.7. The SMILES string of the molecule is COc1cccc(C2CCN(Cc3cnc(-c4ccc(Cl)c(OC)c4)[nH]3)CC2)c1. The van der Waals surface area contributed by atoms with Crippen LogP contribution in [0.2, 0.25) is 5.02 Å². The highest BCUT2D eigenvalue weighted by molar-refractivity contribution is 6.32. The van der Waals surface area contributed by atoms with Gasteiger partial charge in [-0.25, -0.2) is 4.98 Å². The van der Waals surface area contributed by atoms with Gasteiger partial charge in [0.2, 0.25) is 0 Å². The normalized spacial score (nSPS) is 15.4. The van der Waals surface area contributed by atoms with E-state index in [2.05, 4.69) is 33.1 Å². The van der Waals surface area contributed by atoms with Gasteiger partial charge >= 0.3 is 0 Å². The first-order chi connectivity index (χ1) is 14.2. The van der Waals surface area contributed by atoms with E-state index in [0.717, 1.165) is 55.3 Å². The lowest BCUT2D eigenvalue weighted by Gasteiger charge is -2.31. The van der Waals surface area contributed by atoms with E-state index in [1.807, 2.05) is 30.5 Å². The van der Waals surface area contributed by atoms with Crippen molar-refractivity contribution in [2.24, 2.45) is 0 Å². The van der Waals surface area contributed by atoms with Gasteiger partial charge < -0.3 is 14.5 Å². The van der Waals surface area contributed by atoms with Crippen molar-refractivity contribution in [3.63, 3.8) is 0 Å². The Kier molecular flexibility index (Phi) is 6.07. The predicted octanol–water partition coefficient (Wildman–Crippen LogP) is 5.13. The second-order valence-corrected chi connectivity index (χ2v) is 7.84. The fourth-order valence-electron chi connectivity index (χ4n) is 3.95. The largest absolute Gasteiger partial charge is 0.497 e. The summed E-state index contributed by atoms with van der Waals surface area (Å²) in [5.41, 5.74) is 3.47. The molecule has 2 heterocycles. The zero-order valence-corrected chi connectivity index (χ0v) is 17.6. The molecule has 6 heteroatoms. The van der Waals surface area contributed by atoms with Crippen molar-refractivity contribution < 1.29 is 9.47 Å². The number of likely N-dealkylation sites (tertiary alicyclic amines) is 1. The standard InChI is InChI=1S/C23H26ClN3O2/c1-28-20-5-3-4-17(12-20)16-8-10-27(11-9-16)15-19-14-25-23(26-19)18-6-7-21(24)22(13-18)29-2/h3-7,12-14,16H,8-11,15H2,1-2H3,(H,25,26). The van der Waals surface area contributed by atoms with E-state index in [0.29, 0.717) is 16.7 Å². The van der Waals surface area contributed by atoms with Crippen LogP contribution in [-0.4, -0.2) is 42.2 Å². The third-order valence-corrected chi connectivity index (χ3v) is 5.91. The molecule has 5 nitrogen and oxygen atoms in total. The van der Waals surface area contributed by atoms with E-state index in [1.165, 1.54) is 5.56 Å². The average molecular weight is 412 g/mol. The number of hydrogen-bond donors (Lipinski definition) is 1. The highest BCUT2D eigenvalue weighted by Crippen LogP contribution is 2.31. The number of benzene rings is 2. The number of imidazole rings is 1. The molecule has 29 heavy (non-hydrogen) atoms. The zero-order chi connectivity index (χ0) is 20.2. The third kappa shape index (κ3) is 4.57. The second-order valence-electron chi connectivity index (χ2n) is 7.43. The zero-order valence-electron chi connectivity index (χ0n) is 16.8. The third-order valence-electron chi connectivity index (χ3n) is 5.60. The van der Waals surface area contributed by atoms with Gasteiger partial charge in [-0.3, -0.25) is 4.90 Å². The number of nitrogens with zero attached hydrogens (tertiary/aromatic N) is 2. The average Bonchev–Trinajstić information content (AvgIpc) is 3.23. The van der Waals surface area contributed by atoms with Crippen molar-refractivity contribution in [2.75, 3.05) is 27.3 Å². The monoisotopic (exact) mass is 411 g/mol. The Bertz CT molecular complexity index is 964. The second kappa shape index (κ2) is 8.89. The predicted molar refractivity (Wildman–Crippen MR) is 116 cm³/mol. The summed E-state index contributed by atoms with van der Waals surface area (Å²) in [6.07, 6.45) is 4.23. The Morgan fingerprint density at radius 2 is 1.93 bits per heavy atom. The van der Waals surface area contributed by atoms with Gasteiger partial charge in [0.15, 0.2) is 0 Å². The van der Waals surface area contributed by atoms with E-state index >= 15 is 0 Å². The lowest BCUT2D eigenvalue weighted by Crippen LogP contribution is -2.32. The number of piperidine rings is 1. The van der Waals surface area contributed by atoms with Gasteiger partial charge in [0.1, 0.15) is 17.3 Å². The maximum absolute atomic E-state index is 6.12. The van der Waals surface area contributed by atoms with Crippen molar-refractivity contribution >= 4 is 11.6 Å². The van der Waals surface area contributed by atoms with Crippen LogP contribution in [0, 0.1) is 0 Å². The first kappa shape index (κ1) is 19.8. The van der Waals surface area contributed by atoms with Gasteiger partial charge in [0, 0.05) is 24.0 Å². The minimum atomic E-state index is 0.597. The Hall–Kier alpha value is -2.50. The summed E-state index contributed by atoms with van der Waals surface area (Å²) in [5, 5.41) is 0.599. The summed E-state index contributed by atoms with van der Waals surface area (Å²) in [4.78, 5) is 10.5. The molecular weight excluding hydrogens is 386 g/mol. The van der Waals surface area contributed by atoms with E-state index in [1.54, 1.807) is 14.2 Å². The van der Waals surface area contributed by atoms with Crippen molar-refractivity contribution in [1.29, 1.82) is 0 Å². The molecule has 3 aromatic rings. The molecule has 0 unspecified atom stereocenters. The van der Waals surface area contributed by atoms with Crippen LogP contribution in [0.1, 0.15) is 30.0 Å². The number of aromatic nitrogens is 2. The number of halogens is 1. The number of ether oxygens (including phenoxy) is 2. The van der Waals surface area contributed by atoms with Gasteiger partial charge in [-0.2, -0.15) is 0 Å². The molecule has 0 amide bonds. The van der Waals surface area contributed by atoms with Crippen LogP contribution in [0.4, 0.5) is 0 Å². The number of hydrogen-bond acceptors (Lipinski definition) is 4. The summed E-state index contributed by atoms with van der Waals surface area (Å²) in [6.45, 7) is 3.03.